The van der Waals surface area contributed by atoms with Gasteiger partial charge in [0.15, 0.2) is 0 Å². The van der Waals surface area contributed by atoms with Gasteiger partial charge in [0.25, 0.3) is 0 Å². The topological polar surface area (TPSA) is 106 Å². The van der Waals surface area contributed by atoms with E-state index in [0.717, 1.165) is 11.3 Å². The van der Waals surface area contributed by atoms with Crippen LogP contribution in [0.2, 0.25) is 5.02 Å². The third-order valence-corrected chi connectivity index (χ3v) is 4.08. The SMILES string of the molecule is Cc1c(Cl)c(OCCO)nc2sc(C(=O)O)c(N)c12. The maximum absolute atomic E-state index is 11.0. The molecule has 0 aliphatic heterocycles. The predicted molar refractivity (Wildman–Crippen MR) is 73.3 cm³/mol. The predicted octanol–water partition coefficient (Wildman–Crippen LogP) is 1.91. The van der Waals surface area contributed by atoms with Crippen molar-refractivity contribution in [2.24, 2.45) is 0 Å². The number of rotatable bonds is 4. The van der Waals surface area contributed by atoms with Crippen LogP contribution >= 0.6 is 22.9 Å². The van der Waals surface area contributed by atoms with Crippen LogP contribution in [0.1, 0.15) is 15.2 Å². The van der Waals surface area contributed by atoms with E-state index in [1.807, 2.05) is 0 Å². The van der Waals surface area contributed by atoms with E-state index in [0.29, 0.717) is 15.8 Å². The van der Waals surface area contributed by atoms with Crippen molar-refractivity contribution in [1.29, 1.82) is 0 Å². The normalized spacial score (nSPS) is 10.9. The van der Waals surface area contributed by atoms with Crippen LogP contribution in [0, 0.1) is 6.92 Å². The number of fused-ring (bicyclic) bond motifs is 1. The third-order valence-electron chi connectivity index (χ3n) is 2.55. The summed E-state index contributed by atoms with van der Waals surface area (Å²) in [6.45, 7) is 1.61. The van der Waals surface area contributed by atoms with E-state index >= 15 is 0 Å². The molecule has 0 amide bonds. The third kappa shape index (κ3) is 2.32. The summed E-state index contributed by atoms with van der Waals surface area (Å²) < 4.78 is 5.21. The molecule has 2 aromatic heterocycles. The summed E-state index contributed by atoms with van der Waals surface area (Å²) in [6.07, 6.45) is 0. The van der Waals surface area contributed by atoms with Crippen LogP contribution in [0.4, 0.5) is 5.69 Å². The Morgan fingerprint density at radius 2 is 2.26 bits per heavy atom. The first kappa shape index (κ1) is 13.9. The van der Waals surface area contributed by atoms with Gasteiger partial charge in [0.05, 0.1) is 12.3 Å². The Morgan fingerprint density at radius 1 is 1.58 bits per heavy atom. The number of nitrogen functional groups attached to an aromatic ring is 1. The number of hydrogen-bond donors (Lipinski definition) is 3. The molecule has 19 heavy (non-hydrogen) atoms. The number of nitrogens with two attached hydrogens (primary N) is 1. The van der Waals surface area contributed by atoms with Gasteiger partial charge in [-0.05, 0) is 12.5 Å². The Labute approximate surface area is 117 Å². The van der Waals surface area contributed by atoms with E-state index in [1.54, 1.807) is 6.92 Å². The second-order valence-corrected chi connectivity index (χ2v) is 5.14. The monoisotopic (exact) mass is 302 g/mol. The Bertz CT molecular complexity index is 656. The summed E-state index contributed by atoms with van der Waals surface area (Å²) in [6, 6.07) is 0. The largest absolute Gasteiger partial charge is 0.477 e. The summed E-state index contributed by atoms with van der Waals surface area (Å²) >= 11 is 7.07. The molecular weight excluding hydrogens is 292 g/mol. The van der Waals surface area contributed by atoms with Gasteiger partial charge in [0.1, 0.15) is 21.3 Å². The standard InChI is InChI=1S/C11H11ClN2O4S/c1-4-5-7(13)8(11(16)17)19-10(5)14-9(6(4)12)18-3-2-15/h15H,2-3,13H2,1H3,(H,16,17). The van der Waals surface area contributed by atoms with Gasteiger partial charge in [-0.25, -0.2) is 9.78 Å². The van der Waals surface area contributed by atoms with E-state index < -0.39 is 5.97 Å². The molecule has 2 heterocycles. The number of anilines is 1. The molecule has 0 aromatic carbocycles. The molecule has 2 rings (SSSR count). The Kier molecular flexibility index (Phi) is 3.79. The fourth-order valence-electron chi connectivity index (χ4n) is 1.68. The number of aliphatic hydroxyl groups is 1. The zero-order valence-corrected chi connectivity index (χ0v) is 11.5. The molecule has 0 saturated heterocycles. The molecule has 0 radical (unpaired) electrons. The second-order valence-electron chi connectivity index (χ2n) is 3.76. The molecule has 0 aliphatic rings. The van der Waals surface area contributed by atoms with Crippen molar-refractivity contribution < 1.29 is 19.7 Å². The lowest BCUT2D eigenvalue weighted by atomic mass is 10.1. The highest BCUT2D eigenvalue weighted by Crippen LogP contribution is 2.40. The summed E-state index contributed by atoms with van der Waals surface area (Å²) in [7, 11) is 0. The van der Waals surface area contributed by atoms with Crippen LogP contribution in [-0.4, -0.2) is 34.4 Å². The highest BCUT2D eigenvalue weighted by Gasteiger charge is 2.21. The molecule has 8 heteroatoms. The lowest BCUT2D eigenvalue weighted by Gasteiger charge is -2.08. The van der Waals surface area contributed by atoms with Crippen molar-refractivity contribution in [2.45, 2.75) is 6.92 Å². The molecule has 0 fully saturated rings. The van der Waals surface area contributed by atoms with Gasteiger partial charge in [0.2, 0.25) is 5.88 Å². The van der Waals surface area contributed by atoms with Gasteiger partial charge in [-0.2, -0.15) is 0 Å². The van der Waals surface area contributed by atoms with Gasteiger partial charge in [-0.15, -0.1) is 11.3 Å². The molecule has 0 aliphatic carbocycles. The quantitative estimate of drug-likeness (QED) is 0.796. The van der Waals surface area contributed by atoms with E-state index in [9.17, 15) is 4.79 Å². The van der Waals surface area contributed by atoms with Gasteiger partial charge in [0, 0.05) is 5.39 Å². The van der Waals surface area contributed by atoms with Crippen LogP contribution in [0.5, 0.6) is 5.88 Å². The minimum absolute atomic E-state index is 0.0287. The highest BCUT2D eigenvalue weighted by molar-refractivity contribution is 7.21. The van der Waals surface area contributed by atoms with Crippen molar-refractivity contribution in [3.8, 4) is 5.88 Å². The van der Waals surface area contributed by atoms with Crippen LogP contribution < -0.4 is 10.5 Å². The number of ether oxygens (including phenoxy) is 1. The minimum atomic E-state index is -1.10. The lowest BCUT2D eigenvalue weighted by Crippen LogP contribution is -2.04. The molecule has 0 saturated carbocycles. The van der Waals surface area contributed by atoms with Gasteiger partial charge < -0.3 is 20.7 Å². The molecule has 2 aromatic rings. The highest BCUT2D eigenvalue weighted by atomic mass is 35.5. The number of thiophene rings is 1. The number of carboxylic acids is 1. The van der Waals surface area contributed by atoms with Crippen LogP contribution in [-0.2, 0) is 0 Å². The maximum atomic E-state index is 11.0. The number of aromatic nitrogens is 1. The summed E-state index contributed by atoms with van der Waals surface area (Å²) in [5, 5.41) is 18.6. The first-order valence-corrected chi connectivity index (χ1v) is 6.51. The van der Waals surface area contributed by atoms with Gasteiger partial charge in [-0.1, -0.05) is 11.6 Å². The van der Waals surface area contributed by atoms with E-state index in [-0.39, 0.29) is 34.7 Å². The average Bonchev–Trinajstić information content (AvgIpc) is 2.69. The fraction of sp³-hybridized carbons (Fsp3) is 0.273. The van der Waals surface area contributed by atoms with E-state index in [4.69, 9.17) is 32.3 Å². The van der Waals surface area contributed by atoms with E-state index in [2.05, 4.69) is 4.98 Å². The Hall–Kier alpha value is -1.57. The summed E-state index contributed by atoms with van der Waals surface area (Å²) in [5.74, 6) is -0.937. The number of hydrogen-bond acceptors (Lipinski definition) is 6. The molecule has 0 bridgehead atoms. The average molecular weight is 303 g/mol. The smallest absolute Gasteiger partial charge is 0.348 e. The number of nitrogens with zero attached hydrogens (tertiary/aromatic N) is 1. The number of aryl methyl sites for hydroxylation is 1. The number of carboxylic acid groups (broad SMARTS) is 1. The molecule has 102 valence electrons. The van der Waals surface area contributed by atoms with E-state index in [1.165, 1.54) is 0 Å². The Morgan fingerprint density at radius 3 is 2.84 bits per heavy atom. The first-order valence-electron chi connectivity index (χ1n) is 5.32. The number of aromatic carboxylic acids is 1. The Balaban J connectivity index is 2.66. The van der Waals surface area contributed by atoms with Crippen LogP contribution in [0.3, 0.4) is 0 Å². The first-order chi connectivity index (χ1) is 8.97. The van der Waals surface area contributed by atoms with Crippen molar-refractivity contribution in [2.75, 3.05) is 18.9 Å². The lowest BCUT2D eigenvalue weighted by molar-refractivity contribution is 0.0703. The molecule has 0 atom stereocenters. The minimum Gasteiger partial charge on any atom is -0.477 e. The van der Waals surface area contributed by atoms with Crippen molar-refractivity contribution >= 4 is 44.8 Å². The number of carbonyl (C=O) groups is 1. The van der Waals surface area contributed by atoms with Gasteiger partial charge >= 0.3 is 5.97 Å². The molecule has 0 unspecified atom stereocenters. The molecule has 6 nitrogen and oxygen atoms in total. The maximum Gasteiger partial charge on any atom is 0.348 e. The van der Waals surface area contributed by atoms with Gasteiger partial charge in [-0.3, -0.25) is 0 Å². The van der Waals surface area contributed by atoms with Crippen LogP contribution in [0.15, 0.2) is 0 Å². The van der Waals surface area contributed by atoms with Crippen molar-refractivity contribution in [3.05, 3.63) is 15.5 Å². The molecule has 4 N–H and O–H groups in total. The number of pyridine rings is 1. The molecular formula is C11H11ClN2O4S. The van der Waals surface area contributed by atoms with Crippen molar-refractivity contribution in [3.63, 3.8) is 0 Å². The zero-order valence-electron chi connectivity index (χ0n) is 9.94. The number of halogens is 1. The summed E-state index contributed by atoms with van der Waals surface area (Å²) in [5.41, 5.74) is 6.58. The van der Waals surface area contributed by atoms with Crippen molar-refractivity contribution in [1.82, 2.24) is 4.98 Å². The fourth-order valence-corrected chi connectivity index (χ4v) is 2.86. The molecule has 0 spiro atoms. The zero-order chi connectivity index (χ0) is 14.2. The summed E-state index contributed by atoms with van der Waals surface area (Å²) in [4.78, 5) is 15.7. The second kappa shape index (κ2) is 5.20. The number of aliphatic hydroxyl groups excluding tert-OH is 1. The van der Waals surface area contributed by atoms with Crippen LogP contribution in [0.25, 0.3) is 10.2 Å².